The fourth-order valence-electron chi connectivity index (χ4n) is 12.1. The number of aromatic nitrogens is 8. The molecule has 18 aromatic rings. The highest BCUT2D eigenvalue weighted by atomic mass is 127. The van der Waals surface area contributed by atoms with Crippen molar-refractivity contribution in [2.75, 3.05) is 75.4 Å². The number of nitrogens with two attached hydrogens (primary N) is 1. The molecule has 0 amide bonds. The van der Waals surface area contributed by atoms with Gasteiger partial charge in [-0.05, 0) is 289 Å². The van der Waals surface area contributed by atoms with Gasteiger partial charge >= 0.3 is 0 Å². The summed E-state index contributed by atoms with van der Waals surface area (Å²) in [5.74, 6) is 0.452. The van der Waals surface area contributed by atoms with E-state index in [1.165, 1.54) is 133 Å². The maximum absolute atomic E-state index is 12.6. The van der Waals surface area contributed by atoms with Crippen LogP contribution in [0.2, 0.25) is 0 Å². The molecule has 17 nitrogen and oxygen atoms in total. The SMILES string of the molecule is CNc1ccc(C)cc1.COc1ccc(C)cc1.Cc1ccc(-c2cnn(C)c2)cc1.Cc1ccc(-n2cc(F)cn2)cc1.Cc1ccc(-n2cccn2)cc1.Cc1ccc(-n2ccnc2)cc1.Cc1ccc(I)cc1.Cc1ccc(N(C)C)cc1.Cc1ccc(N)cc1.Cc1ccc(N2CCOCC2)cc1.Cc1ccc(O)c(C)c1.Cc1ccc(O)c(F)c1.Cc1ccc(O)cc1.Cc1ccccc1. The molecule has 0 saturated carbocycles. The summed E-state index contributed by atoms with van der Waals surface area (Å²) < 4.78 is 43.7. The number of hydrogen-bond acceptors (Lipinski definition) is 13. The van der Waals surface area contributed by atoms with Gasteiger partial charge < -0.3 is 50.2 Å². The predicted molar refractivity (Wildman–Crippen MR) is 590 cm³/mol. The van der Waals surface area contributed by atoms with E-state index in [1.54, 1.807) is 57.0 Å². The van der Waals surface area contributed by atoms with Crippen LogP contribution in [-0.4, -0.2) is 109 Å². The van der Waals surface area contributed by atoms with Crippen LogP contribution >= 0.6 is 22.6 Å². The first-order chi connectivity index (χ1) is 67.1. The van der Waals surface area contributed by atoms with Crippen LogP contribution in [0, 0.1) is 119 Å². The van der Waals surface area contributed by atoms with Crippen molar-refractivity contribution in [1.82, 2.24) is 38.9 Å². The molecule has 1 aliphatic rings. The van der Waals surface area contributed by atoms with Gasteiger partial charge in [0.15, 0.2) is 17.4 Å². The molecule has 0 atom stereocenters. The summed E-state index contributed by atoms with van der Waals surface area (Å²) in [6, 6.07) is 112. The smallest absolute Gasteiger partial charge is 0.165 e. The lowest BCUT2D eigenvalue weighted by Gasteiger charge is -2.28. The molecule has 1 aliphatic heterocycles. The first-order valence-electron chi connectivity index (χ1n) is 46.1. The zero-order chi connectivity index (χ0) is 102. The zero-order valence-electron chi connectivity index (χ0n) is 84.7. The van der Waals surface area contributed by atoms with Gasteiger partial charge in [0.25, 0.3) is 0 Å². The Morgan fingerprint density at radius 3 is 1.19 bits per heavy atom. The van der Waals surface area contributed by atoms with Gasteiger partial charge in [-0.2, -0.15) is 15.3 Å². The second kappa shape index (κ2) is 63.3. The van der Waals surface area contributed by atoms with Crippen LogP contribution in [0.5, 0.6) is 23.0 Å². The second-order valence-electron chi connectivity index (χ2n) is 33.5. The topological polar surface area (TPSA) is 195 Å². The number of imidazole rings is 1. The van der Waals surface area contributed by atoms with Gasteiger partial charge in [-0.25, -0.2) is 23.1 Å². The van der Waals surface area contributed by atoms with Crippen LogP contribution in [0.4, 0.5) is 31.5 Å². The van der Waals surface area contributed by atoms with E-state index in [9.17, 15) is 8.78 Å². The van der Waals surface area contributed by atoms with Gasteiger partial charge in [0.05, 0.1) is 56.6 Å². The first kappa shape index (κ1) is 114. The van der Waals surface area contributed by atoms with Crippen LogP contribution in [-0.2, 0) is 11.8 Å². The molecule has 6 N–H and O–H groups in total. The summed E-state index contributed by atoms with van der Waals surface area (Å²) in [6.07, 6.45) is 15.7. The van der Waals surface area contributed by atoms with Crippen molar-refractivity contribution < 1.29 is 33.6 Å². The lowest BCUT2D eigenvalue weighted by atomic mass is 10.1. The van der Waals surface area contributed by atoms with Crippen molar-refractivity contribution in [3.8, 4) is 51.2 Å². The number of anilines is 4. The Kier molecular flexibility index (Phi) is 51.4. The summed E-state index contributed by atoms with van der Waals surface area (Å²) in [7, 11) is 9.61. The third-order valence-electron chi connectivity index (χ3n) is 20.7. The fraction of sp³-hybridized carbons (Fsp3) is 0.200. The molecule has 0 aliphatic carbocycles. The molecule has 140 heavy (non-hydrogen) atoms. The van der Waals surface area contributed by atoms with Gasteiger partial charge in [-0.1, -0.05) is 266 Å². The highest BCUT2D eigenvalue weighted by Crippen LogP contribution is 2.23. The normalized spacial score (nSPS) is 10.3. The third kappa shape index (κ3) is 47.1. The number of nitrogen functional groups attached to an aromatic ring is 1. The predicted octanol–water partition coefficient (Wildman–Crippen LogP) is 28.7. The van der Waals surface area contributed by atoms with Gasteiger partial charge in [-0.3, -0.25) is 4.68 Å². The standard InChI is InChI=1S/C11H12N2.C11H15NO.C10H9FN2.2C10H10N2.C9H13N.C8H11N.2C8H10O.C7H7FO.C7H7I.C7H9N.C7H8O.C7H8/c1-9-3-5-10(6-4-9)11-7-12-13(2)8-11;1-10-2-4-11(5-3-10)12-6-8-13-9-7-12;1-8-2-4-10(5-3-8)13-7-9(11)6-12-13;1-9-3-5-10(6-4-9)12-8-2-7-11-12;1-9-2-4-10(5-3-9)12-7-6-11-8-12;1-8-4-6-9(7-5-8)10(2)3;2*1-7-3-5-8(9-2)6-4-7;1-6-3-4-8(9)7(2)5-6;1-5-2-3-7(9)6(8)4-5;3*1-6-2-4-7(8)5-3-6;1-7-5-3-2-4-6-7/h3-8H,1-2H3;2-5H,6-9H2,1H3;2-7H,1H3;2*2-8H,1H3;4-7H,1-3H3;3-6,9H,1-2H3;3-6H,1-2H3;3-5,9H,1-2H3;2-4,9H,1H3;2-5H,1H3;2-5H,8H2,1H3;2-5,8H,1H3;2-6H,1H3. The van der Waals surface area contributed by atoms with Crippen molar-refractivity contribution in [2.45, 2.75) is 104 Å². The number of nitrogens with one attached hydrogen (secondary N) is 1. The van der Waals surface area contributed by atoms with Crippen LogP contribution in [0.15, 0.2) is 396 Å². The number of morpholine rings is 1. The Morgan fingerprint density at radius 2 is 0.814 bits per heavy atom. The van der Waals surface area contributed by atoms with Gasteiger partial charge in [0.2, 0.25) is 0 Å². The number of rotatable bonds is 8. The Bertz CT molecular complexity index is 5910. The molecule has 14 aromatic carbocycles. The van der Waals surface area contributed by atoms with Crippen LogP contribution < -0.4 is 25.6 Å². The molecule has 20 heteroatoms. The maximum Gasteiger partial charge on any atom is 0.165 e. The third-order valence-corrected chi connectivity index (χ3v) is 21.4. The van der Waals surface area contributed by atoms with Gasteiger partial charge in [-0.15, -0.1) is 0 Å². The largest absolute Gasteiger partial charge is 0.508 e. The second-order valence-corrected chi connectivity index (χ2v) is 34.8. The minimum Gasteiger partial charge on any atom is -0.508 e. The Labute approximate surface area is 843 Å². The number of aromatic hydroxyl groups is 3. The van der Waals surface area contributed by atoms with E-state index in [4.69, 9.17) is 30.5 Å². The zero-order valence-corrected chi connectivity index (χ0v) is 86.9. The summed E-state index contributed by atoms with van der Waals surface area (Å²) in [5, 5.41) is 41.6. The van der Waals surface area contributed by atoms with Crippen LogP contribution in [0.3, 0.4) is 0 Å². The first-order valence-corrected chi connectivity index (χ1v) is 47.1. The lowest BCUT2D eigenvalue weighted by molar-refractivity contribution is 0.122. The van der Waals surface area contributed by atoms with E-state index in [0.29, 0.717) is 11.5 Å². The van der Waals surface area contributed by atoms with Crippen molar-refractivity contribution in [2.24, 2.45) is 7.05 Å². The number of nitrogens with zero attached hydrogens (tertiary/aromatic N) is 10. The molecule has 0 spiro atoms. The quantitative estimate of drug-likeness (QED) is 0.0713. The van der Waals surface area contributed by atoms with E-state index >= 15 is 0 Å². The maximum atomic E-state index is 12.6. The summed E-state index contributed by atoms with van der Waals surface area (Å²) in [4.78, 5) is 8.44. The number of methoxy groups -OCH3 is 1. The van der Waals surface area contributed by atoms with Crippen molar-refractivity contribution in [1.29, 1.82) is 0 Å². The van der Waals surface area contributed by atoms with Crippen molar-refractivity contribution in [3.05, 3.63) is 494 Å². The Balaban J connectivity index is 0.000000232. The van der Waals surface area contributed by atoms with Gasteiger partial charge in [0, 0.05) is 110 Å². The number of halogens is 3. The van der Waals surface area contributed by atoms with E-state index in [2.05, 4.69) is 302 Å². The van der Waals surface area contributed by atoms with Crippen LogP contribution in [0.1, 0.15) is 83.5 Å². The molecule has 19 rings (SSSR count). The minimum atomic E-state index is -0.560. The molecule has 4 aromatic heterocycles. The number of hydrogen-bond donors (Lipinski definition) is 5. The molecule has 1 fully saturated rings. The average Bonchev–Trinajstić information content (AvgIpc) is 1.66. The number of aryl methyl sites for hydroxylation is 16. The minimum absolute atomic E-state index is 0.291. The number of phenolic OH excluding ortho intramolecular Hbond substituents is 3. The van der Waals surface area contributed by atoms with E-state index < -0.39 is 5.82 Å². The lowest BCUT2D eigenvalue weighted by Crippen LogP contribution is -2.36. The summed E-state index contributed by atoms with van der Waals surface area (Å²) in [5.41, 5.74) is 33.7. The Morgan fingerprint density at radius 1 is 0.400 bits per heavy atom. The van der Waals surface area contributed by atoms with E-state index in [0.717, 1.165) is 65.9 Å². The van der Waals surface area contributed by atoms with E-state index in [1.807, 2.05) is 223 Å². The van der Waals surface area contributed by atoms with Crippen LogP contribution in [0.25, 0.3) is 28.2 Å². The van der Waals surface area contributed by atoms with Gasteiger partial charge in [0.1, 0.15) is 17.2 Å². The number of ether oxygens (including phenoxy) is 2. The number of benzene rings is 14. The summed E-state index contributed by atoms with van der Waals surface area (Å²) >= 11 is 2.30. The Hall–Kier alpha value is -15.1. The van der Waals surface area contributed by atoms with Crippen molar-refractivity contribution >= 4 is 45.3 Å². The molecule has 1 saturated heterocycles. The molecule has 5 heterocycles. The molecule has 730 valence electrons. The molecular formula is C120H139F2IN12O5. The average molecular weight is 1990 g/mol. The molecule has 0 unspecified atom stereocenters. The fourth-order valence-corrected chi connectivity index (χ4v) is 12.5. The van der Waals surface area contributed by atoms with E-state index in [-0.39, 0.29) is 11.6 Å². The highest BCUT2D eigenvalue weighted by molar-refractivity contribution is 14.1. The summed E-state index contributed by atoms with van der Waals surface area (Å²) in [6.45, 7) is 34.2. The number of phenols is 3. The molecular weight excluding hydrogens is 1850 g/mol. The van der Waals surface area contributed by atoms with Crippen molar-refractivity contribution in [3.63, 3.8) is 0 Å². The monoisotopic (exact) mass is 1990 g/mol. The molecule has 0 radical (unpaired) electrons. The molecule has 0 bridgehead atoms. The highest BCUT2D eigenvalue weighted by Gasteiger charge is 2.11.